The molecule has 1 N–H and O–H groups in total. The lowest BCUT2D eigenvalue weighted by molar-refractivity contribution is -0.121. The average molecular weight is 367 g/mol. The second kappa shape index (κ2) is 8.81. The van der Waals surface area contributed by atoms with E-state index >= 15 is 0 Å². The molecule has 0 aliphatic carbocycles. The van der Waals surface area contributed by atoms with Crippen molar-refractivity contribution in [1.82, 2.24) is 9.62 Å². The van der Waals surface area contributed by atoms with Gasteiger partial charge in [-0.1, -0.05) is 50.6 Å². The third-order valence-corrected chi connectivity index (χ3v) is 6.79. The summed E-state index contributed by atoms with van der Waals surface area (Å²) in [5.74, 6) is -0.0984. The molecule has 1 fully saturated rings. The van der Waals surface area contributed by atoms with E-state index in [0.29, 0.717) is 19.5 Å². The molecule has 1 amide bonds. The highest BCUT2D eigenvalue weighted by Gasteiger charge is 2.24. The van der Waals surface area contributed by atoms with Crippen LogP contribution in [0.4, 0.5) is 0 Å². The fraction of sp³-hybridized carbons (Fsp3) is 0.632. The second-order valence-electron chi connectivity index (χ2n) is 7.38. The van der Waals surface area contributed by atoms with Crippen LogP contribution in [0, 0.1) is 0 Å². The summed E-state index contributed by atoms with van der Waals surface area (Å²) in [6, 6.07) is 10.1. The lowest BCUT2D eigenvalue weighted by Gasteiger charge is -2.26. The highest BCUT2D eigenvalue weighted by Crippen LogP contribution is 2.27. The summed E-state index contributed by atoms with van der Waals surface area (Å²) >= 11 is 0. The zero-order valence-electron chi connectivity index (χ0n) is 15.3. The van der Waals surface area contributed by atoms with E-state index in [2.05, 4.69) is 31.3 Å². The van der Waals surface area contributed by atoms with Gasteiger partial charge in [0.15, 0.2) is 0 Å². The number of rotatable bonds is 8. The number of amides is 1. The first kappa shape index (κ1) is 19.9. The molecule has 0 unspecified atom stereocenters. The molecular weight excluding hydrogens is 336 g/mol. The molecule has 0 spiro atoms. The van der Waals surface area contributed by atoms with Gasteiger partial charge in [0.05, 0.1) is 5.75 Å². The first-order valence-corrected chi connectivity index (χ1v) is 10.7. The highest BCUT2D eigenvalue weighted by atomic mass is 32.2. The van der Waals surface area contributed by atoms with Gasteiger partial charge in [-0.2, -0.15) is 0 Å². The van der Waals surface area contributed by atoms with E-state index < -0.39 is 10.0 Å². The fourth-order valence-corrected chi connectivity index (χ4v) is 4.57. The summed E-state index contributed by atoms with van der Waals surface area (Å²) in [5, 5.41) is 2.76. The maximum atomic E-state index is 12.2. The molecule has 1 saturated heterocycles. The number of carbonyl (C=O) groups excluding carboxylic acids is 1. The number of hydrogen-bond donors (Lipinski definition) is 1. The van der Waals surface area contributed by atoms with Crippen molar-refractivity contribution in [3.63, 3.8) is 0 Å². The van der Waals surface area contributed by atoms with Crippen molar-refractivity contribution in [2.75, 3.05) is 25.4 Å². The Kier molecular flexibility index (Phi) is 7.02. The Morgan fingerprint density at radius 2 is 1.76 bits per heavy atom. The molecule has 0 radical (unpaired) electrons. The topological polar surface area (TPSA) is 66.5 Å². The highest BCUT2D eigenvalue weighted by molar-refractivity contribution is 7.89. The second-order valence-corrected chi connectivity index (χ2v) is 9.46. The summed E-state index contributed by atoms with van der Waals surface area (Å²) in [6.45, 7) is 5.65. The van der Waals surface area contributed by atoms with E-state index in [1.54, 1.807) is 4.31 Å². The van der Waals surface area contributed by atoms with Gasteiger partial charge in [0.25, 0.3) is 0 Å². The quantitative estimate of drug-likeness (QED) is 0.769. The van der Waals surface area contributed by atoms with Gasteiger partial charge in [-0.25, -0.2) is 12.7 Å². The molecule has 1 aliphatic heterocycles. The summed E-state index contributed by atoms with van der Waals surface area (Å²) in [5.41, 5.74) is 1.12. The predicted molar refractivity (Wildman–Crippen MR) is 101 cm³/mol. The van der Waals surface area contributed by atoms with Crippen LogP contribution in [-0.4, -0.2) is 44.0 Å². The van der Waals surface area contributed by atoms with Crippen molar-refractivity contribution in [3.05, 3.63) is 35.9 Å². The van der Waals surface area contributed by atoms with Crippen molar-refractivity contribution in [3.8, 4) is 0 Å². The van der Waals surface area contributed by atoms with Gasteiger partial charge in [-0.15, -0.1) is 0 Å². The van der Waals surface area contributed by atoms with Crippen LogP contribution in [0.1, 0.15) is 51.5 Å². The molecule has 1 aliphatic rings. The normalized spacial score (nSPS) is 16.6. The van der Waals surface area contributed by atoms with E-state index in [-0.39, 0.29) is 23.6 Å². The lowest BCUT2D eigenvalue weighted by Crippen LogP contribution is -2.40. The molecule has 25 heavy (non-hydrogen) atoms. The molecule has 1 aromatic carbocycles. The maximum absolute atomic E-state index is 12.2. The number of nitrogens with one attached hydrogen (secondary N) is 1. The molecule has 0 aromatic heterocycles. The monoisotopic (exact) mass is 366 g/mol. The Hall–Kier alpha value is -1.40. The smallest absolute Gasteiger partial charge is 0.220 e. The number of piperidine rings is 1. The van der Waals surface area contributed by atoms with Crippen LogP contribution in [0.25, 0.3) is 0 Å². The van der Waals surface area contributed by atoms with Crippen molar-refractivity contribution >= 4 is 15.9 Å². The largest absolute Gasteiger partial charge is 0.355 e. The Labute approximate surface area is 151 Å². The molecule has 6 heteroatoms. The van der Waals surface area contributed by atoms with Crippen LogP contribution >= 0.6 is 0 Å². The molecule has 140 valence electrons. The van der Waals surface area contributed by atoms with Gasteiger partial charge in [-0.3, -0.25) is 4.79 Å². The first-order chi connectivity index (χ1) is 11.8. The maximum Gasteiger partial charge on any atom is 0.220 e. The minimum atomic E-state index is -3.25. The first-order valence-electron chi connectivity index (χ1n) is 9.11. The summed E-state index contributed by atoms with van der Waals surface area (Å²) < 4.78 is 26.0. The zero-order chi connectivity index (χ0) is 18.3. The number of hydrogen-bond acceptors (Lipinski definition) is 3. The Balaban J connectivity index is 1.73. The Morgan fingerprint density at radius 1 is 1.12 bits per heavy atom. The van der Waals surface area contributed by atoms with Crippen molar-refractivity contribution < 1.29 is 13.2 Å². The van der Waals surface area contributed by atoms with Gasteiger partial charge in [0.1, 0.15) is 0 Å². The van der Waals surface area contributed by atoms with E-state index in [9.17, 15) is 13.2 Å². The molecule has 0 atom stereocenters. The average Bonchev–Trinajstić information content (AvgIpc) is 2.61. The Bertz CT molecular complexity index is 651. The van der Waals surface area contributed by atoms with Gasteiger partial charge in [-0.05, 0) is 30.2 Å². The fourth-order valence-electron chi connectivity index (χ4n) is 3.14. The Morgan fingerprint density at radius 3 is 2.40 bits per heavy atom. The summed E-state index contributed by atoms with van der Waals surface area (Å²) in [4.78, 5) is 12.1. The van der Waals surface area contributed by atoms with Gasteiger partial charge in [0, 0.05) is 26.1 Å². The van der Waals surface area contributed by atoms with Crippen LogP contribution in [0.5, 0.6) is 0 Å². The van der Waals surface area contributed by atoms with Crippen LogP contribution in [0.2, 0.25) is 0 Å². The number of nitrogens with zero attached hydrogens (tertiary/aromatic N) is 1. The van der Waals surface area contributed by atoms with Crippen LogP contribution < -0.4 is 5.32 Å². The standard InChI is InChI=1S/C19H30N2O3S/c1-19(2,17-9-5-3-6-10-17)12-11-18(22)20-13-16-25(23,24)21-14-7-4-8-15-21/h3,5-6,9-10H,4,7-8,11-16H2,1-2H3,(H,20,22). The number of carbonyl (C=O) groups is 1. The van der Waals surface area contributed by atoms with Crippen molar-refractivity contribution in [1.29, 1.82) is 0 Å². The molecule has 1 heterocycles. The third kappa shape index (κ3) is 6.12. The zero-order valence-corrected chi connectivity index (χ0v) is 16.1. The lowest BCUT2D eigenvalue weighted by atomic mass is 9.80. The van der Waals surface area contributed by atoms with Crippen LogP contribution in [0.15, 0.2) is 30.3 Å². The van der Waals surface area contributed by atoms with Crippen molar-refractivity contribution in [2.45, 2.75) is 51.4 Å². The van der Waals surface area contributed by atoms with Gasteiger partial charge < -0.3 is 5.32 Å². The van der Waals surface area contributed by atoms with Crippen LogP contribution in [0.3, 0.4) is 0 Å². The number of sulfonamides is 1. The molecule has 5 nitrogen and oxygen atoms in total. The molecule has 0 saturated carbocycles. The summed E-state index contributed by atoms with van der Waals surface area (Å²) in [6.07, 6.45) is 4.08. The van der Waals surface area contributed by atoms with Crippen molar-refractivity contribution in [2.24, 2.45) is 0 Å². The third-order valence-electron chi connectivity index (χ3n) is 4.92. The number of benzene rings is 1. The van der Waals surface area contributed by atoms with E-state index in [1.807, 2.05) is 18.2 Å². The van der Waals surface area contributed by atoms with E-state index in [0.717, 1.165) is 25.7 Å². The molecule has 0 bridgehead atoms. The van der Waals surface area contributed by atoms with Crippen LogP contribution in [-0.2, 0) is 20.2 Å². The minimum Gasteiger partial charge on any atom is -0.355 e. The van der Waals surface area contributed by atoms with Gasteiger partial charge in [0.2, 0.25) is 15.9 Å². The molecule has 2 rings (SSSR count). The molecular formula is C19H30N2O3S. The van der Waals surface area contributed by atoms with Gasteiger partial charge >= 0.3 is 0 Å². The SMILES string of the molecule is CC(C)(CCC(=O)NCCS(=O)(=O)N1CCCCC1)c1ccccc1. The predicted octanol–water partition coefficient (Wildman–Crippen LogP) is 2.68. The minimum absolute atomic E-state index is 0.0131. The summed E-state index contributed by atoms with van der Waals surface area (Å²) in [7, 11) is -3.25. The molecule has 1 aromatic rings. The van der Waals surface area contributed by atoms with E-state index in [4.69, 9.17) is 0 Å². The van der Waals surface area contributed by atoms with E-state index in [1.165, 1.54) is 5.56 Å².